The van der Waals surface area contributed by atoms with Crippen molar-refractivity contribution >= 4 is 35.0 Å². The van der Waals surface area contributed by atoms with Crippen LogP contribution >= 0.6 is 23.4 Å². The number of aryl methyl sites for hydroxylation is 1. The third kappa shape index (κ3) is 3.99. The highest BCUT2D eigenvalue weighted by molar-refractivity contribution is 7.99. The Hall–Kier alpha value is -2.13. The lowest BCUT2D eigenvalue weighted by Crippen LogP contribution is -2.32. The Bertz CT molecular complexity index is 702. The van der Waals surface area contributed by atoms with Gasteiger partial charge in [-0.05, 0) is 17.8 Å². The molecule has 1 aromatic carbocycles. The first-order valence-corrected chi connectivity index (χ1v) is 7.69. The number of methoxy groups -OCH3 is 2. The third-order valence-corrected chi connectivity index (χ3v) is 4.21. The van der Waals surface area contributed by atoms with E-state index in [1.54, 1.807) is 13.1 Å². The molecule has 1 amide bonds. The van der Waals surface area contributed by atoms with E-state index in [9.17, 15) is 9.90 Å². The van der Waals surface area contributed by atoms with Gasteiger partial charge < -0.3 is 24.4 Å². The molecule has 0 aliphatic carbocycles. The van der Waals surface area contributed by atoms with Gasteiger partial charge >= 0.3 is 0 Å². The van der Waals surface area contributed by atoms with Gasteiger partial charge in [0.05, 0.1) is 36.0 Å². The molecule has 0 fully saturated rings. The van der Waals surface area contributed by atoms with Crippen molar-refractivity contribution in [3.8, 4) is 17.4 Å². The number of benzene rings is 1. The molecule has 2 rings (SSSR count). The fourth-order valence-electron chi connectivity index (χ4n) is 1.74. The van der Waals surface area contributed by atoms with E-state index in [4.69, 9.17) is 21.1 Å². The molecule has 0 atom stereocenters. The SMILES string of the molecule is COc1cc(OC)c(NC(=O)CSc2c([O-])on[n+]2C)cc1Cl. The van der Waals surface area contributed by atoms with Crippen molar-refractivity contribution in [2.45, 2.75) is 5.03 Å². The summed E-state index contributed by atoms with van der Waals surface area (Å²) in [5, 5.41) is 18.1. The van der Waals surface area contributed by atoms with Gasteiger partial charge in [0.15, 0.2) is 13.0 Å². The molecule has 23 heavy (non-hydrogen) atoms. The summed E-state index contributed by atoms with van der Waals surface area (Å²) >= 11 is 7.06. The summed E-state index contributed by atoms with van der Waals surface area (Å²) in [6.07, 6.45) is 0. The van der Waals surface area contributed by atoms with Gasteiger partial charge in [-0.3, -0.25) is 4.79 Å². The molecule has 0 spiro atoms. The summed E-state index contributed by atoms with van der Waals surface area (Å²) in [4.78, 5) is 12.0. The van der Waals surface area contributed by atoms with Crippen LogP contribution in [0.4, 0.5) is 5.69 Å². The van der Waals surface area contributed by atoms with Gasteiger partial charge in [0.2, 0.25) is 5.91 Å². The van der Waals surface area contributed by atoms with Gasteiger partial charge in [0, 0.05) is 6.07 Å². The van der Waals surface area contributed by atoms with Crippen LogP contribution in [0.5, 0.6) is 17.4 Å². The molecule has 0 radical (unpaired) electrons. The van der Waals surface area contributed by atoms with Crippen LogP contribution in [0.1, 0.15) is 0 Å². The summed E-state index contributed by atoms with van der Waals surface area (Å²) in [6.45, 7) is 0. The normalized spacial score (nSPS) is 10.4. The molecule has 1 heterocycles. The highest BCUT2D eigenvalue weighted by atomic mass is 35.5. The van der Waals surface area contributed by atoms with Crippen LogP contribution < -0.4 is 24.6 Å². The Labute approximate surface area is 141 Å². The summed E-state index contributed by atoms with van der Waals surface area (Å²) < 4.78 is 16.0. The number of hydrogen-bond donors (Lipinski definition) is 1. The fraction of sp³-hybridized carbons (Fsp3) is 0.308. The molecule has 0 unspecified atom stereocenters. The Kier molecular flexibility index (Phi) is 5.56. The zero-order valence-electron chi connectivity index (χ0n) is 12.6. The number of nitrogens with one attached hydrogen (secondary N) is 1. The first kappa shape index (κ1) is 17.2. The van der Waals surface area contributed by atoms with E-state index in [2.05, 4.69) is 15.1 Å². The van der Waals surface area contributed by atoms with E-state index in [0.717, 1.165) is 11.8 Å². The van der Waals surface area contributed by atoms with Crippen LogP contribution in [0, 0.1) is 0 Å². The predicted molar refractivity (Wildman–Crippen MR) is 81.0 cm³/mol. The molecule has 0 aliphatic heterocycles. The van der Waals surface area contributed by atoms with Gasteiger partial charge in [0.1, 0.15) is 11.5 Å². The zero-order chi connectivity index (χ0) is 17.0. The van der Waals surface area contributed by atoms with Crippen molar-refractivity contribution in [2.75, 3.05) is 25.3 Å². The second kappa shape index (κ2) is 7.42. The summed E-state index contributed by atoms with van der Waals surface area (Å²) in [5.41, 5.74) is 0.404. The van der Waals surface area contributed by atoms with E-state index in [-0.39, 0.29) is 16.7 Å². The standard InChI is InChI=1S/C13H14ClN3O5S/c1-17-12(13(19)22-16-17)23-6-11(18)15-8-4-7(14)9(20-2)5-10(8)21-3/h4-5H,6H2,1-3H3,(H-,15,16,18,19). The zero-order valence-corrected chi connectivity index (χ0v) is 14.2. The van der Waals surface area contributed by atoms with E-state index in [0.29, 0.717) is 22.2 Å². The van der Waals surface area contributed by atoms with Crippen LogP contribution in [0.2, 0.25) is 5.02 Å². The predicted octanol–water partition coefficient (Wildman–Crippen LogP) is 0.974. The van der Waals surface area contributed by atoms with Crippen LogP contribution in [0.3, 0.4) is 0 Å². The number of anilines is 1. The first-order valence-electron chi connectivity index (χ1n) is 6.33. The number of ether oxygens (including phenoxy) is 2. The number of carbonyl (C=O) groups is 1. The average Bonchev–Trinajstić information content (AvgIpc) is 2.84. The maximum absolute atomic E-state index is 12.0. The number of rotatable bonds is 6. The Balaban J connectivity index is 2.07. The minimum Gasteiger partial charge on any atom is -0.538 e. The molecule has 0 aliphatic rings. The topological polar surface area (TPSA) is 101 Å². The van der Waals surface area contributed by atoms with Gasteiger partial charge in [-0.1, -0.05) is 16.3 Å². The minimum absolute atomic E-state index is 0.00288. The molecular formula is C13H14ClN3O5S. The second-order valence-electron chi connectivity index (χ2n) is 4.31. The summed E-state index contributed by atoms with van der Waals surface area (Å²) in [5.74, 6) is -0.0876. The smallest absolute Gasteiger partial charge is 0.291 e. The Morgan fingerprint density at radius 2 is 2.13 bits per heavy atom. The molecule has 0 saturated carbocycles. The molecule has 2 aromatic rings. The van der Waals surface area contributed by atoms with E-state index < -0.39 is 5.95 Å². The maximum Gasteiger partial charge on any atom is 0.291 e. The Morgan fingerprint density at radius 3 is 2.70 bits per heavy atom. The van der Waals surface area contributed by atoms with Crippen molar-refractivity contribution in [3.63, 3.8) is 0 Å². The van der Waals surface area contributed by atoms with Crippen molar-refractivity contribution < 1.29 is 28.6 Å². The van der Waals surface area contributed by atoms with Crippen molar-refractivity contribution in [3.05, 3.63) is 17.2 Å². The number of halogens is 1. The first-order chi connectivity index (χ1) is 11.0. The van der Waals surface area contributed by atoms with Crippen LogP contribution in [-0.2, 0) is 11.8 Å². The van der Waals surface area contributed by atoms with E-state index in [1.807, 2.05) is 0 Å². The van der Waals surface area contributed by atoms with Crippen LogP contribution in [-0.4, -0.2) is 31.2 Å². The molecule has 10 heteroatoms. The minimum atomic E-state index is -0.588. The second-order valence-corrected chi connectivity index (χ2v) is 5.68. The number of nitrogens with zero attached hydrogens (tertiary/aromatic N) is 2. The lowest BCUT2D eigenvalue weighted by atomic mass is 10.2. The fourth-order valence-corrected chi connectivity index (χ4v) is 2.69. The van der Waals surface area contributed by atoms with Crippen molar-refractivity contribution in [1.82, 2.24) is 5.27 Å². The number of aromatic nitrogens is 2. The molecule has 0 bridgehead atoms. The highest BCUT2D eigenvalue weighted by Gasteiger charge is 2.17. The highest BCUT2D eigenvalue weighted by Crippen LogP contribution is 2.36. The summed E-state index contributed by atoms with van der Waals surface area (Å²) in [6, 6.07) is 3.10. The van der Waals surface area contributed by atoms with Crippen molar-refractivity contribution in [2.24, 2.45) is 7.05 Å². The molecule has 8 nitrogen and oxygen atoms in total. The molecular weight excluding hydrogens is 346 g/mol. The molecule has 1 N–H and O–H groups in total. The lowest BCUT2D eigenvalue weighted by Gasteiger charge is -2.12. The van der Waals surface area contributed by atoms with Gasteiger partial charge in [-0.2, -0.15) is 0 Å². The monoisotopic (exact) mass is 359 g/mol. The number of hydrogen-bond acceptors (Lipinski definition) is 7. The maximum atomic E-state index is 12.0. The van der Waals surface area contributed by atoms with Crippen molar-refractivity contribution in [1.29, 1.82) is 0 Å². The average molecular weight is 360 g/mol. The lowest BCUT2D eigenvalue weighted by molar-refractivity contribution is -0.772. The van der Waals surface area contributed by atoms with E-state index in [1.165, 1.54) is 25.0 Å². The number of carbonyl (C=O) groups excluding carboxylic acids is 1. The quantitative estimate of drug-likeness (QED) is 0.606. The molecule has 0 saturated heterocycles. The van der Waals surface area contributed by atoms with Crippen LogP contribution in [0.15, 0.2) is 21.7 Å². The third-order valence-electron chi connectivity index (χ3n) is 2.80. The largest absolute Gasteiger partial charge is 0.538 e. The van der Waals surface area contributed by atoms with Gasteiger partial charge in [-0.25, -0.2) is 0 Å². The van der Waals surface area contributed by atoms with Gasteiger partial charge in [-0.15, -0.1) is 0 Å². The van der Waals surface area contributed by atoms with Gasteiger partial charge in [0.25, 0.3) is 5.03 Å². The molecule has 1 aromatic heterocycles. The van der Waals surface area contributed by atoms with Crippen LogP contribution in [0.25, 0.3) is 0 Å². The molecule has 124 valence electrons. The number of thioether (sulfide) groups is 1. The summed E-state index contributed by atoms with van der Waals surface area (Å²) in [7, 11) is 4.50. The number of amides is 1. The Morgan fingerprint density at radius 1 is 1.43 bits per heavy atom. The van der Waals surface area contributed by atoms with E-state index >= 15 is 0 Å².